The number of aromatic amines is 1. The Morgan fingerprint density at radius 2 is 2.04 bits per heavy atom. The first-order valence-corrected chi connectivity index (χ1v) is 8.26. The summed E-state index contributed by atoms with van der Waals surface area (Å²) in [5.74, 6) is -0.617. The highest BCUT2D eigenvalue weighted by atomic mass is 19.1. The minimum absolute atomic E-state index is 0.131. The molecule has 0 spiro atoms. The Kier molecular flexibility index (Phi) is 4.13. The molecule has 0 unspecified atom stereocenters. The molecule has 26 heavy (non-hydrogen) atoms. The molecule has 0 atom stereocenters. The van der Waals surface area contributed by atoms with Crippen molar-refractivity contribution in [3.05, 3.63) is 52.5 Å². The average Bonchev–Trinajstić information content (AvgIpc) is 3.11. The molecule has 1 aromatic heterocycles. The predicted octanol–water partition coefficient (Wildman–Crippen LogP) is 2.76. The van der Waals surface area contributed by atoms with E-state index in [0.717, 1.165) is 24.0 Å². The van der Waals surface area contributed by atoms with E-state index in [1.807, 2.05) is 4.90 Å². The van der Waals surface area contributed by atoms with Crippen molar-refractivity contribution >= 4 is 33.7 Å². The zero-order chi connectivity index (χ0) is 18.1. The number of nitrogens with one attached hydrogen (secondary N) is 3. The minimum atomic E-state index is -0.617. The summed E-state index contributed by atoms with van der Waals surface area (Å²) in [6.07, 6.45) is 1.64. The van der Waals surface area contributed by atoms with Crippen molar-refractivity contribution in [2.24, 2.45) is 0 Å². The molecule has 1 saturated heterocycles. The van der Waals surface area contributed by atoms with Crippen LogP contribution in [0, 0.1) is 15.9 Å². The van der Waals surface area contributed by atoms with Gasteiger partial charge in [0, 0.05) is 43.3 Å². The van der Waals surface area contributed by atoms with Crippen molar-refractivity contribution in [1.29, 1.82) is 0 Å². The molecule has 2 heterocycles. The Balaban J connectivity index is 1.75. The lowest BCUT2D eigenvalue weighted by molar-refractivity contribution is -0.384. The number of piperazine rings is 1. The van der Waals surface area contributed by atoms with Gasteiger partial charge in [-0.2, -0.15) is 5.10 Å². The van der Waals surface area contributed by atoms with E-state index < -0.39 is 10.7 Å². The Labute approximate surface area is 148 Å². The van der Waals surface area contributed by atoms with Crippen LogP contribution >= 0.6 is 0 Å². The topological polar surface area (TPSA) is 99.1 Å². The van der Waals surface area contributed by atoms with Gasteiger partial charge in [-0.25, -0.2) is 4.39 Å². The van der Waals surface area contributed by atoms with E-state index in [1.165, 1.54) is 12.1 Å². The summed E-state index contributed by atoms with van der Waals surface area (Å²) in [7, 11) is 0. The fourth-order valence-corrected chi connectivity index (χ4v) is 3.14. The average molecular weight is 356 g/mol. The lowest BCUT2D eigenvalue weighted by Crippen LogP contribution is -2.43. The van der Waals surface area contributed by atoms with Crippen LogP contribution in [0.2, 0.25) is 0 Å². The van der Waals surface area contributed by atoms with Crippen LogP contribution in [-0.4, -0.2) is 41.3 Å². The van der Waals surface area contributed by atoms with Crippen molar-refractivity contribution in [1.82, 2.24) is 15.5 Å². The largest absolute Gasteiger partial charge is 0.367 e. The smallest absolute Gasteiger partial charge is 0.295 e. The lowest BCUT2D eigenvalue weighted by atomic mass is 10.1. The zero-order valence-electron chi connectivity index (χ0n) is 13.8. The van der Waals surface area contributed by atoms with Crippen molar-refractivity contribution in [2.75, 3.05) is 36.4 Å². The highest BCUT2D eigenvalue weighted by Crippen LogP contribution is 2.36. The van der Waals surface area contributed by atoms with Crippen LogP contribution in [0.15, 0.2) is 36.5 Å². The number of halogens is 1. The van der Waals surface area contributed by atoms with E-state index in [9.17, 15) is 10.1 Å². The third kappa shape index (κ3) is 2.93. The number of nitro benzene ring substituents is 1. The number of nitrogens with zero attached hydrogens (tertiary/aromatic N) is 3. The van der Waals surface area contributed by atoms with Gasteiger partial charge in [0.1, 0.15) is 0 Å². The van der Waals surface area contributed by atoms with E-state index in [2.05, 4.69) is 20.8 Å². The van der Waals surface area contributed by atoms with Crippen LogP contribution in [0.25, 0.3) is 10.9 Å². The molecule has 134 valence electrons. The van der Waals surface area contributed by atoms with Crippen molar-refractivity contribution in [3.8, 4) is 0 Å². The molecule has 1 aliphatic heterocycles. The number of aromatic nitrogens is 2. The van der Waals surface area contributed by atoms with Crippen LogP contribution in [0.5, 0.6) is 0 Å². The maximum atomic E-state index is 15.2. The lowest BCUT2D eigenvalue weighted by Gasteiger charge is -2.30. The van der Waals surface area contributed by atoms with Gasteiger partial charge in [0.25, 0.3) is 5.69 Å². The van der Waals surface area contributed by atoms with Gasteiger partial charge < -0.3 is 15.5 Å². The van der Waals surface area contributed by atoms with Crippen molar-refractivity contribution in [2.45, 2.75) is 0 Å². The van der Waals surface area contributed by atoms with Crippen molar-refractivity contribution < 1.29 is 9.31 Å². The fourth-order valence-electron chi connectivity index (χ4n) is 3.14. The number of anilines is 3. The summed E-state index contributed by atoms with van der Waals surface area (Å²) in [5, 5.41) is 25.1. The second kappa shape index (κ2) is 6.60. The van der Waals surface area contributed by atoms with Crippen LogP contribution in [0.4, 0.5) is 27.1 Å². The molecule has 0 aliphatic carbocycles. The fraction of sp³-hybridized carbons (Fsp3) is 0.235. The van der Waals surface area contributed by atoms with E-state index in [1.54, 1.807) is 24.4 Å². The molecule has 3 N–H and O–H groups in total. The first-order valence-electron chi connectivity index (χ1n) is 8.26. The minimum Gasteiger partial charge on any atom is -0.367 e. The predicted molar refractivity (Wildman–Crippen MR) is 97.5 cm³/mol. The second-order valence-electron chi connectivity index (χ2n) is 6.08. The van der Waals surface area contributed by atoms with Gasteiger partial charge in [-0.15, -0.1) is 0 Å². The molecule has 2 aromatic carbocycles. The molecule has 0 saturated carbocycles. The molecule has 4 rings (SSSR count). The van der Waals surface area contributed by atoms with Crippen LogP contribution in [-0.2, 0) is 0 Å². The number of fused-ring (bicyclic) bond motifs is 1. The van der Waals surface area contributed by atoms with Crippen molar-refractivity contribution in [3.63, 3.8) is 0 Å². The van der Waals surface area contributed by atoms with E-state index in [0.29, 0.717) is 24.5 Å². The van der Waals surface area contributed by atoms with E-state index in [-0.39, 0.29) is 11.4 Å². The Hall–Kier alpha value is -3.20. The second-order valence-corrected chi connectivity index (χ2v) is 6.08. The van der Waals surface area contributed by atoms with Crippen LogP contribution in [0.3, 0.4) is 0 Å². The molecular weight excluding hydrogens is 339 g/mol. The molecule has 0 amide bonds. The maximum Gasteiger partial charge on any atom is 0.295 e. The maximum absolute atomic E-state index is 15.2. The zero-order valence-corrected chi connectivity index (χ0v) is 13.8. The number of hydrogen-bond donors (Lipinski definition) is 3. The highest BCUT2D eigenvalue weighted by Gasteiger charge is 2.25. The molecule has 1 fully saturated rings. The number of nitro groups is 1. The third-order valence-corrected chi connectivity index (χ3v) is 4.46. The summed E-state index contributed by atoms with van der Waals surface area (Å²) in [6, 6.07) is 8.09. The number of hydrogen-bond acceptors (Lipinski definition) is 6. The third-order valence-electron chi connectivity index (χ3n) is 4.46. The van der Waals surface area contributed by atoms with Gasteiger partial charge in [0.15, 0.2) is 11.5 Å². The molecule has 8 nitrogen and oxygen atoms in total. The molecule has 0 bridgehead atoms. The Morgan fingerprint density at radius 3 is 2.81 bits per heavy atom. The number of H-pyrrole nitrogens is 1. The van der Waals surface area contributed by atoms with Crippen LogP contribution in [0.1, 0.15) is 0 Å². The molecule has 3 aromatic rings. The first kappa shape index (κ1) is 16.3. The first-order chi connectivity index (χ1) is 12.6. The van der Waals surface area contributed by atoms with Crippen LogP contribution < -0.4 is 15.5 Å². The standard InChI is InChI=1S/C17H17FN6O2/c18-16-14(23-7-5-19-6-8-23)3-4-15(24(25)26)17(16)21-12-1-2-13-11(9-12)10-20-22-13/h1-4,9-10,19,21H,5-8H2,(H,20,22). The Bertz CT molecular complexity index is 967. The molecule has 9 heteroatoms. The quantitative estimate of drug-likeness (QED) is 0.491. The molecule has 0 radical (unpaired) electrons. The number of rotatable bonds is 4. The SMILES string of the molecule is O=[N+]([O-])c1ccc(N2CCNCC2)c(F)c1Nc1ccc2[nH]ncc2c1. The molecule has 1 aliphatic rings. The highest BCUT2D eigenvalue weighted by molar-refractivity contribution is 5.84. The summed E-state index contributed by atoms with van der Waals surface area (Å²) < 4.78 is 15.2. The molecular formula is C17H17FN6O2. The van der Waals surface area contributed by atoms with Gasteiger partial charge in [-0.1, -0.05) is 0 Å². The van der Waals surface area contributed by atoms with Gasteiger partial charge in [-0.05, 0) is 24.3 Å². The van der Waals surface area contributed by atoms with Gasteiger partial charge in [-0.3, -0.25) is 15.2 Å². The number of benzene rings is 2. The summed E-state index contributed by atoms with van der Waals surface area (Å²) in [5.41, 5.74) is 1.32. The van der Waals surface area contributed by atoms with E-state index in [4.69, 9.17) is 0 Å². The Morgan fingerprint density at radius 1 is 1.23 bits per heavy atom. The summed E-state index contributed by atoms with van der Waals surface area (Å²) >= 11 is 0. The normalized spacial score (nSPS) is 14.6. The monoisotopic (exact) mass is 356 g/mol. The van der Waals surface area contributed by atoms with Gasteiger partial charge in [0.2, 0.25) is 0 Å². The summed E-state index contributed by atoms with van der Waals surface area (Å²) in [4.78, 5) is 12.7. The van der Waals surface area contributed by atoms with Gasteiger partial charge in [0.05, 0.1) is 22.3 Å². The summed E-state index contributed by atoms with van der Waals surface area (Å²) in [6.45, 7) is 2.79. The van der Waals surface area contributed by atoms with E-state index >= 15 is 4.39 Å². The van der Waals surface area contributed by atoms with Gasteiger partial charge >= 0.3 is 0 Å².